The lowest BCUT2D eigenvalue weighted by Gasteiger charge is -2.45. The molecule has 0 spiro atoms. The molecule has 2 heterocycles. The van der Waals surface area contributed by atoms with Crippen LogP contribution >= 0.6 is 11.6 Å². The molecule has 7 heteroatoms. The fourth-order valence-corrected chi connectivity index (χ4v) is 2.11. The number of likely N-dealkylation sites (N-methyl/N-ethyl adjacent to an activating group) is 1. The minimum Gasteiger partial charge on any atom is -0.467 e. The zero-order chi connectivity index (χ0) is 13.3. The summed E-state index contributed by atoms with van der Waals surface area (Å²) in [6, 6.07) is 0.252. The van der Waals surface area contributed by atoms with E-state index in [1.807, 2.05) is 0 Å². The lowest BCUT2D eigenvalue weighted by Crippen LogP contribution is -2.58. The third kappa shape index (κ3) is 2.64. The Kier molecular flexibility index (Phi) is 3.59. The van der Waals surface area contributed by atoms with Gasteiger partial charge < -0.3 is 9.64 Å². The molecule has 2 rings (SSSR count). The number of anilines is 1. The number of nitrogens with zero attached hydrogens (tertiary/aromatic N) is 5. The molecule has 1 aliphatic rings. The van der Waals surface area contributed by atoms with Crippen molar-refractivity contribution in [3.05, 3.63) is 5.28 Å². The predicted molar refractivity (Wildman–Crippen MR) is 70.3 cm³/mol. The minimum absolute atomic E-state index is 0.0740. The van der Waals surface area contributed by atoms with E-state index in [9.17, 15) is 0 Å². The number of aromatic nitrogens is 3. The largest absolute Gasteiger partial charge is 0.467 e. The van der Waals surface area contributed by atoms with E-state index in [0.29, 0.717) is 5.95 Å². The van der Waals surface area contributed by atoms with Crippen LogP contribution in [-0.4, -0.2) is 59.2 Å². The molecule has 0 radical (unpaired) electrons. The van der Waals surface area contributed by atoms with E-state index in [4.69, 9.17) is 16.3 Å². The zero-order valence-electron chi connectivity index (χ0n) is 11.1. The lowest BCUT2D eigenvalue weighted by atomic mass is 10.0. The second kappa shape index (κ2) is 4.85. The van der Waals surface area contributed by atoms with Crippen LogP contribution in [0.4, 0.5) is 5.95 Å². The SMILES string of the molecule is COc1nc(Cl)nc(N2CCN(C)C(C)(C)C2)n1. The number of hydrogen-bond acceptors (Lipinski definition) is 6. The van der Waals surface area contributed by atoms with Gasteiger partial charge in [-0.15, -0.1) is 0 Å². The van der Waals surface area contributed by atoms with Gasteiger partial charge in [-0.1, -0.05) is 0 Å². The first kappa shape index (κ1) is 13.3. The Morgan fingerprint density at radius 2 is 1.94 bits per heavy atom. The Bertz CT molecular complexity index is 439. The normalized spacial score (nSPS) is 19.9. The summed E-state index contributed by atoms with van der Waals surface area (Å²) < 4.78 is 5.02. The van der Waals surface area contributed by atoms with Crippen molar-refractivity contribution in [2.45, 2.75) is 19.4 Å². The molecule has 1 saturated heterocycles. The highest BCUT2D eigenvalue weighted by molar-refractivity contribution is 6.28. The van der Waals surface area contributed by atoms with Crippen LogP contribution in [0.3, 0.4) is 0 Å². The molecule has 1 aliphatic heterocycles. The second-order valence-corrected chi connectivity index (χ2v) is 5.38. The number of piperazine rings is 1. The van der Waals surface area contributed by atoms with Gasteiger partial charge in [0.15, 0.2) is 0 Å². The van der Waals surface area contributed by atoms with E-state index >= 15 is 0 Å². The number of ether oxygens (including phenoxy) is 1. The standard InChI is InChI=1S/C11H18ClN5O/c1-11(2)7-17(6-5-16(11)3)9-13-8(12)14-10(15-9)18-4/h5-7H2,1-4H3. The first-order chi connectivity index (χ1) is 8.42. The molecular weight excluding hydrogens is 254 g/mol. The molecule has 0 amide bonds. The van der Waals surface area contributed by atoms with Crippen molar-refractivity contribution in [3.8, 4) is 6.01 Å². The van der Waals surface area contributed by atoms with Gasteiger partial charge in [0.2, 0.25) is 11.2 Å². The Morgan fingerprint density at radius 1 is 1.22 bits per heavy atom. The molecule has 1 fully saturated rings. The van der Waals surface area contributed by atoms with E-state index in [-0.39, 0.29) is 16.8 Å². The Hall–Kier alpha value is -1.14. The highest BCUT2D eigenvalue weighted by Gasteiger charge is 2.32. The van der Waals surface area contributed by atoms with E-state index in [2.05, 4.69) is 45.6 Å². The van der Waals surface area contributed by atoms with E-state index in [0.717, 1.165) is 19.6 Å². The van der Waals surface area contributed by atoms with Gasteiger partial charge in [-0.3, -0.25) is 4.90 Å². The maximum Gasteiger partial charge on any atom is 0.322 e. The molecule has 18 heavy (non-hydrogen) atoms. The maximum absolute atomic E-state index is 5.87. The molecule has 0 aromatic carbocycles. The molecule has 0 atom stereocenters. The van der Waals surface area contributed by atoms with Gasteiger partial charge in [0.1, 0.15) is 0 Å². The van der Waals surface area contributed by atoms with Crippen molar-refractivity contribution in [3.63, 3.8) is 0 Å². The van der Waals surface area contributed by atoms with Crippen molar-refractivity contribution >= 4 is 17.5 Å². The van der Waals surface area contributed by atoms with Crippen LogP contribution in [0.2, 0.25) is 5.28 Å². The van der Waals surface area contributed by atoms with Gasteiger partial charge >= 0.3 is 6.01 Å². The van der Waals surface area contributed by atoms with Gasteiger partial charge in [-0.2, -0.15) is 15.0 Å². The number of halogens is 1. The molecule has 0 aliphatic carbocycles. The highest BCUT2D eigenvalue weighted by Crippen LogP contribution is 2.23. The molecule has 6 nitrogen and oxygen atoms in total. The smallest absolute Gasteiger partial charge is 0.322 e. The van der Waals surface area contributed by atoms with Gasteiger partial charge in [-0.05, 0) is 32.5 Å². The van der Waals surface area contributed by atoms with Crippen molar-refractivity contribution in [2.24, 2.45) is 0 Å². The van der Waals surface area contributed by atoms with Crippen molar-refractivity contribution < 1.29 is 4.74 Å². The quantitative estimate of drug-likeness (QED) is 0.802. The Morgan fingerprint density at radius 3 is 2.56 bits per heavy atom. The molecule has 1 aromatic rings. The average Bonchev–Trinajstić information content (AvgIpc) is 2.31. The van der Waals surface area contributed by atoms with E-state index < -0.39 is 0 Å². The number of hydrogen-bond donors (Lipinski definition) is 0. The molecular formula is C11H18ClN5O. The fourth-order valence-electron chi connectivity index (χ4n) is 1.97. The number of methoxy groups -OCH3 is 1. The minimum atomic E-state index is 0.0740. The van der Waals surface area contributed by atoms with Crippen LogP contribution in [0.15, 0.2) is 0 Å². The van der Waals surface area contributed by atoms with Crippen molar-refractivity contribution in [1.82, 2.24) is 19.9 Å². The lowest BCUT2D eigenvalue weighted by molar-refractivity contribution is 0.138. The topological polar surface area (TPSA) is 54.4 Å². The predicted octanol–water partition coefficient (Wildman–Crippen LogP) is 1.06. The van der Waals surface area contributed by atoms with Crippen molar-refractivity contribution in [1.29, 1.82) is 0 Å². The summed E-state index contributed by atoms with van der Waals surface area (Å²) in [6.07, 6.45) is 0. The summed E-state index contributed by atoms with van der Waals surface area (Å²) in [6.45, 7) is 7.05. The van der Waals surface area contributed by atoms with Crippen LogP contribution in [0.25, 0.3) is 0 Å². The summed E-state index contributed by atoms with van der Waals surface area (Å²) >= 11 is 5.87. The first-order valence-electron chi connectivity index (χ1n) is 5.84. The maximum atomic E-state index is 5.87. The van der Waals surface area contributed by atoms with E-state index in [1.54, 1.807) is 0 Å². The molecule has 0 bridgehead atoms. The summed E-state index contributed by atoms with van der Waals surface area (Å²) in [7, 11) is 3.64. The van der Waals surface area contributed by atoms with Gasteiger partial charge in [0.25, 0.3) is 0 Å². The Labute approximate surface area is 112 Å². The van der Waals surface area contributed by atoms with Crippen LogP contribution < -0.4 is 9.64 Å². The summed E-state index contributed by atoms with van der Waals surface area (Å²) in [5.74, 6) is 0.577. The molecule has 0 N–H and O–H groups in total. The molecule has 0 saturated carbocycles. The molecule has 0 unspecified atom stereocenters. The van der Waals surface area contributed by atoms with Gasteiger partial charge in [0, 0.05) is 25.2 Å². The zero-order valence-corrected chi connectivity index (χ0v) is 11.9. The summed E-state index contributed by atoms with van der Waals surface area (Å²) in [5.41, 5.74) is 0.0740. The number of rotatable bonds is 2. The van der Waals surface area contributed by atoms with Crippen molar-refractivity contribution in [2.75, 3.05) is 38.7 Å². The second-order valence-electron chi connectivity index (χ2n) is 5.05. The Balaban J connectivity index is 2.24. The molecule has 100 valence electrons. The van der Waals surface area contributed by atoms with E-state index in [1.165, 1.54) is 7.11 Å². The van der Waals surface area contributed by atoms with Gasteiger partial charge in [-0.25, -0.2) is 0 Å². The highest BCUT2D eigenvalue weighted by atomic mass is 35.5. The third-order valence-electron chi connectivity index (χ3n) is 3.36. The van der Waals surface area contributed by atoms with Crippen LogP contribution in [0.5, 0.6) is 6.01 Å². The van der Waals surface area contributed by atoms with Crippen LogP contribution in [-0.2, 0) is 0 Å². The average molecular weight is 272 g/mol. The summed E-state index contributed by atoms with van der Waals surface area (Å²) in [5, 5.41) is 0.161. The third-order valence-corrected chi connectivity index (χ3v) is 3.53. The summed E-state index contributed by atoms with van der Waals surface area (Å²) in [4.78, 5) is 16.7. The fraction of sp³-hybridized carbons (Fsp3) is 0.727. The van der Waals surface area contributed by atoms with Crippen LogP contribution in [0, 0.1) is 0 Å². The monoisotopic (exact) mass is 271 g/mol. The first-order valence-corrected chi connectivity index (χ1v) is 6.22. The van der Waals surface area contributed by atoms with Crippen LogP contribution in [0.1, 0.15) is 13.8 Å². The van der Waals surface area contributed by atoms with Gasteiger partial charge in [0.05, 0.1) is 7.11 Å². The molecule has 1 aromatic heterocycles.